The molecule has 1 N–H and O–H groups in total. The first-order valence-corrected chi connectivity index (χ1v) is 6.41. The molecule has 1 heterocycles. The number of hydrogen-bond donors (Lipinski definition) is 1. The standard InChI is InChI=1S/C13H7BrClFN2/c14-7-1-3-9(10(15)5-7)13-17-11-4-2-8(16)6-12(11)18-13/h1-6H,(H,17,18). The molecule has 0 radical (unpaired) electrons. The van der Waals surface area contributed by atoms with E-state index < -0.39 is 0 Å². The summed E-state index contributed by atoms with van der Waals surface area (Å²) < 4.78 is 14.0. The zero-order valence-corrected chi connectivity index (χ0v) is 11.4. The van der Waals surface area contributed by atoms with Crippen LogP contribution in [-0.4, -0.2) is 9.97 Å². The summed E-state index contributed by atoms with van der Waals surface area (Å²) in [6, 6.07) is 9.98. The summed E-state index contributed by atoms with van der Waals surface area (Å²) in [6.45, 7) is 0. The SMILES string of the molecule is Fc1ccc2nc(-c3ccc(Br)cc3Cl)[nH]c2c1. The Morgan fingerprint density at radius 3 is 2.78 bits per heavy atom. The number of aromatic amines is 1. The summed E-state index contributed by atoms with van der Waals surface area (Å²) in [5.41, 5.74) is 2.16. The number of rotatable bonds is 1. The van der Waals surface area contributed by atoms with Crippen molar-refractivity contribution in [3.8, 4) is 11.4 Å². The Kier molecular flexibility index (Phi) is 2.84. The molecule has 0 aliphatic rings. The van der Waals surface area contributed by atoms with Crippen molar-refractivity contribution in [2.75, 3.05) is 0 Å². The third-order valence-corrected chi connectivity index (χ3v) is 3.44. The maximum atomic E-state index is 13.1. The lowest BCUT2D eigenvalue weighted by Gasteiger charge is -2.00. The van der Waals surface area contributed by atoms with E-state index in [2.05, 4.69) is 25.9 Å². The predicted octanol–water partition coefficient (Wildman–Crippen LogP) is 4.78. The zero-order chi connectivity index (χ0) is 12.7. The van der Waals surface area contributed by atoms with Gasteiger partial charge in [0.05, 0.1) is 16.1 Å². The van der Waals surface area contributed by atoms with E-state index in [1.807, 2.05) is 12.1 Å². The van der Waals surface area contributed by atoms with Gasteiger partial charge in [0.1, 0.15) is 11.6 Å². The molecule has 0 aliphatic heterocycles. The fraction of sp³-hybridized carbons (Fsp3) is 0. The maximum absolute atomic E-state index is 13.1. The second kappa shape index (κ2) is 4.37. The van der Waals surface area contributed by atoms with Crippen LogP contribution in [0.2, 0.25) is 5.02 Å². The first kappa shape index (κ1) is 11.7. The van der Waals surface area contributed by atoms with Crippen LogP contribution in [0.1, 0.15) is 0 Å². The van der Waals surface area contributed by atoms with E-state index >= 15 is 0 Å². The minimum absolute atomic E-state index is 0.292. The number of aromatic nitrogens is 2. The lowest BCUT2D eigenvalue weighted by Crippen LogP contribution is -1.81. The van der Waals surface area contributed by atoms with Crippen LogP contribution in [-0.2, 0) is 0 Å². The Labute approximate surface area is 116 Å². The quantitative estimate of drug-likeness (QED) is 0.685. The zero-order valence-electron chi connectivity index (χ0n) is 9.05. The van der Waals surface area contributed by atoms with E-state index in [1.54, 1.807) is 12.1 Å². The highest BCUT2D eigenvalue weighted by molar-refractivity contribution is 9.10. The number of benzene rings is 2. The molecule has 0 aliphatic carbocycles. The van der Waals surface area contributed by atoms with Crippen LogP contribution in [0.4, 0.5) is 4.39 Å². The second-order valence-electron chi connectivity index (χ2n) is 3.87. The third kappa shape index (κ3) is 2.02. The van der Waals surface area contributed by atoms with Gasteiger partial charge in [-0.1, -0.05) is 27.5 Å². The molecule has 0 bridgehead atoms. The minimum atomic E-state index is -0.292. The number of hydrogen-bond acceptors (Lipinski definition) is 1. The molecule has 0 saturated heterocycles. The molecule has 18 heavy (non-hydrogen) atoms. The molecule has 5 heteroatoms. The van der Waals surface area contributed by atoms with Gasteiger partial charge >= 0.3 is 0 Å². The van der Waals surface area contributed by atoms with Crippen molar-refractivity contribution in [3.63, 3.8) is 0 Å². The highest BCUT2D eigenvalue weighted by atomic mass is 79.9. The molecule has 1 aromatic heterocycles. The molecule has 2 nitrogen and oxygen atoms in total. The van der Waals surface area contributed by atoms with Crippen LogP contribution in [0.25, 0.3) is 22.4 Å². The fourth-order valence-corrected chi connectivity index (χ4v) is 2.55. The van der Waals surface area contributed by atoms with E-state index in [1.165, 1.54) is 12.1 Å². The Bertz CT molecular complexity index is 739. The Hall–Kier alpha value is -1.39. The Balaban J connectivity index is 2.19. The van der Waals surface area contributed by atoms with E-state index in [9.17, 15) is 4.39 Å². The molecular weight excluding hydrogens is 319 g/mol. The topological polar surface area (TPSA) is 28.7 Å². The number of imidazole rings is 1. The number of halogens is 3. The van der Waals surface area contributed by atoms with Crippen LogP contribution >= 0.6 is 27.5 Å². The van der Waals surface area contributed by atoms with Gasteiger partial charge in [-0.05, 0) is 36.4 Å². The highest BCUT2D eigenvalue weighted by Crippen LogP contribution is 2.30. The summed E-state index contributed by atoms with van der Waals surface area (Å²) in [5.74, 6) is 0.340. The monoisotopic (exact) mass is 324 g/mol. The molecule has 3 aromatic rings. The largest absolute Gasteiger partial charge is 0.338 e. The molecule has 0 fully saturated rings. The van der Waals surface area contributed by atoms with Gasteiger partial charge in [0.25, 0.3) is 0 Å². The maximum Gasteiger partial charge on any atom is 0.139 e. The minimum Gasteiger partial charge on any atom is -0.338 e. The molecule has 0 spiro atoms. The first-order chi connectivity index (χ1) is 8.63. The van der Waals surface area contributed by atoms with Crippen LogP contribution < -0.4 is 0 Å². The van der Waals surface area contributed by atoms with Crippen molar-refractivity contribution in [1.82, 2.24) is 9.97 Å². The van der Waals surface area contributed by atoms with Gasteiger partial charge in [0, 0.05) is 10.0 Å². The summed E-state index contributed by atoms with van der Waals surface area (Å²) in [6.07, 6.45) is 0. The average Bonchev–Trinajstić information content (AvgIpc) is 2.71. The van der Waals surface area contributed by atoms with Gasteiger partial charge < -0.3 is 4.98 Å². The lowest BCUT2D eigenvalue weighted by molar-refractivity contribution is 0.629. The highest BCUT2D eigenvalue weighted by Gasteiger charge is 2.09. The van der Waals surface area contributed by atoms with Crippen molar-refractivity contribution >= 4 is 38.6 Å². The smallest absolute Gasteiger partial charge is 0.139 e. The van der Waals surface area contributed by atoms with E-state index in [-0.39, 0.29) is 5.82 Å². The van der Waals surface area contributed by atoms with Crippen molar-refractivity contribution in [2.24, 2.45) is 0 Å². The second-order valence-corrected chi connectivity index (χ2v) is 5.19. The summed E-state index contributed by atoms with van der Waals surface area (Å²) in [5, 5.41) is 0.587. The normalized spacial score (nSPS) is 11.1. The van der Waals surface area contributed by atoms with Crippen LogP contribution in [0.15, 0.2) is 40.9 Å². The number of nitrogens with zero attached hydrogens (tertiary/aromatic N) is 1. The van der Waals surface area contributed by atoms with Crippen molar-refractivity contribution in [2.45, 2.75) is 0 Å². The lowest BCUT2D eigenvalue weighted by atomic mass is 10.2. The predicted molar refractivity (Wildman–Crippen MR) is 74.2 cm³/mol. The third-order valence-electron chi connectivity index (χ3n) is 2.63. The molecule has 3 rings (SSSR count). The van der Waals surface area contributed by atoms with Gasteiger partial charge in [0.2, 0.25) is 0 Å². The van der Waals surface area contributed by atoms with Crippen LogP contribution in [0.3, 0.4) is 0 Å². The van der Waals surface area contributed by atoms with Crippen LogP contribution in [0.5, 0.6) is 0 Å². The molecule has 0 amide bonds. The number of H-pyrrole nitrogens is 1. The van der Waals surface area contributed by atoms with E-state index in [4.69, 9.17) is 11.6 Å². The van der Waals surface area contributed by atoms with Gasteiger partial charge in [-0.15, -0.1) is 0 Å². The van der Waals surface area contributed by atoms with E-state index in [0.29, 0.717) is 21.9 Å². The average molecular weight is 326 g/mol. The van der Waals surface area contributed by atoms with E-state index in [0.717, 1.165) is 10.0 Å². The summed E-state index contributed by atoms with van der Waals surface area (Å²) in [7, 11) is 0. The molecule has 90 valence electrons. The fourth-order valence-electron chi connectivity index (χ4n) is 1.79. The van der Waals surface area contributed by atoms with Crippen molar-refractivity contribution in [1.29, 1.82) is 0 Å². The van der Waals surface area contributed by atoms with Gasteiger partial charge in [-0.25, -0.2) is 9.37 Å². The first-order valence-electron chi connectivity index (χ1n) is 5.24. The number of fused-ring (bicyclic) bond motifs is 1. The Morgan fingerprint density at radius 1 is 1.17 bits per heavy atom. The molecule has 0 atom stereocenters. The van der Waals surface area contributed by atoms with Gasteiger partial charge in [0.15, 0.2) is 0 Å². The van der Waals surface area contributed by atoms with Gasteiger partial charge in [-0.3, -0.25) is 0 Å². The summed E-state index contributed by atoms with van der Waals surface area (Å²) in [4.78, 5) is 7.45. The molecule has 0 saturated carbocycles. The Morgan fingerprint density at radius 2 is 2.00 bits per heavy atom. The van der Waals surface area contributed by atoms with Gasteiger partial charge in [-0.2, -0.15) is 0 Å². The van der Waals surface area contributed by atoms with Crippen molar-refractivity contribution in [3.05, 3.63) is 51.7 Å². The van der Waals surface area contributed by atoms with Crippen molar-refractivity contribution < 1.29 is 4.39 Å². The summed E-state index contributed by atoms with van der Waals surface area (Å²) >= 11 is 9.51. The van der Waals surface area contributed by atoms with Crippen LogP contribution in [0, 0.1) is 5.82 Å². The molecule has 0 unspecified atom stereocenters. The number of nitrogens with one attached hydrogen (secondary N) is 1. The molecular formula is C13H7BrClFN2. The molecule has 2 aromatic carbocycles.